The molecule has 0 aromatic rings. The van der Waals surface area contributed by atoms with Crippen LogP contribution in [0.1, 0.15) is 290 Å². The van der Waals surface area contributed by atoms with Crippen LogP contribution in [-0.4, -0.2) is 46.1 Å². The molecule has 57 heavy (non-hydrogen) atoms. The molecule has 0 aliphatic carbocycles. The first-order chi connectivity index (χ1) is 28.1. The average Bonchev–Trinajstić information content (AvgIpc) is 3.22. The topological polar surface area (TPSA) is 89.8 Å². The van der Waals surface area contributed by atoms with Crippen LogP contribution in [0.5, 0.6) is 0 Å². The first-order valence-corrected chi connectivity index (χ1v) is 26.0. The van der Waals surface area contributed by atoms with Crippen molar-refractivity contribution in [3.05, 3.63) is 12.2 Å². The molecule has 5 heteroatoms. The van der Waals surface area contributed by atoms with Crippen LogP contribution in [-0.2, 0) is 4.79 Å². The Balaban J connectivity index is 3.53. The molecule has 0 aliphatic heterocycles. The molecule has 340 valence electrons. The smallest absolute Gasteiger partial charge is 0.249 e. The van der Waals surface area contributed by atoms with Crippen LogP contribution >= 0.6 is 0 Å². The first kappa shape index (κ1) is 56.1. The Bertz CT molecular complexity index is 803. The van der Waals surface area contributed by atoms with E-state index in [0.29, 0.717) is 6.42 Å². The summed E-state index contributed by atoms with van der Waals surface area (Å²) < 4.78 is 0. The molecule has 3 atom stereocenters. The second-order valence-corrected chi connectivity index (χ2v) is 18.1. The van der Waals surface area contributed by atoms with E-state index in [4.69, 9.17) is 0 Å². The first-order valence-electron chi connectivity index (χ1n) is 26.0. The molecule has 4 N–H and O–H groups in total. The lowest BCUT2D eigenvalue weighted by atomic mass is 10.0. The summed E-state index contributed by atoms with van der Waals surface area (Å²) in [5.74, 6) is -0.497. The molecule has 5 nitrogen and oxygen atoms in total. The zero-order valence-electron chi connectivity index (χ0n) is 38.7. The van der Waals surface area contributed by atoms with Crippen LogP contribution in [0.15, 0.2) is 12.2 Å². The third kappa shape index (κ3) is 43.0. The van der Waals surface area contributed by atoms with E-state index in [-0.39, 0.29) is 6.61 Å². The highest BCUT2D eigenvalue weighted by Gasteiger charge is 2.22. The quantitative estimate of drug-likeness (QED) is 0.0364. The van der Waals surface area contributed by atoms with E-state index in [9.17, 15) is 20.1 Å². The molecule has 0 fully saturated rings. The number of allylic oxidation sites excluding steroid dienone is 1. The zero-order valence-corrected chi connectivity index (χ0v) is 38.7. The van der Waals surface area contributed by atoms with Crippen LogP contribution in [0, 0.1) is 0 Å². The largest absolute Gasteiger partial charge is 0.394 e. The third-order valence-electron chi connectivity index (χ3n) is 12.4. The van der Waals surface area contributed by atoms with E-state index in [0.717, 1.165) is 32.1 Å². The summed E-state index contributed by atoms with van der Waals surface area (Å²) in [6.07, 6.45) is 58.5. The Morgan fingerprint density at radius 3 is 0.965 bits per heavy atom. The van der Waals surface area contributed by atoms with Gasteiger partial charge in [-0.25, -0.2) is 0 Å². The third-order valence-corrected chi connectivity index (χ3v) is 12.4. The lowest BCUT2D eigenvalue weighted by molar-refractivity contribution is -0.131. The minimum atomic E-state index is -1.09. The summed E-state index contributed by atoms with van der Waals surface area (Å²) in [5.41, 5.74) is 0. The maximum absolute atomic E-state index is 12.5. The minimum absolute atomic E-state index is 0.359. The monoisotopic (exact) mass is 806 g/mol. The SMILES string of the molecule is CCCCCCCCCCCCCCCC/C=C/C(O)C(CO)NC(=O)C(O)CCCCCCCCCCCCCCCCCCCCCCCCCCCCC. The normalized spacial score (nSPS) is 13.4. The van der Waals surface area contributed by atoms with Gasteiger partial charge in [-0.05, 0) is 19.3 Å². The lowest BCUT2D eigenvalue weighted by Crippen LogP contribution is -2.48. The predicted octanol–water partition coefficient (Wildman–Crippen LogP) is 15.6. The highest BCUT2D eigenvalue weighted by molar-refractivity contribution is 5.80. The van der Waals surface area contributed by atoms with E-state index >= 15 is 0 Å². The molecule has 0 aromatic heterocycles. The molecule has 0 spiro atoms. The van der Waals surface area contributed by atoms with Crippen molar-refractivity contribution in [2.75, 3.05) is 6.61 Å². The summed E-state index contributed by atoms with van der Waals surface area (Å²) in [6, 6.07) is -0.793. The predicted molar refractivity (Wildman–Crippen MR) is 250 cm³/mol. The molecule has 0 radical (unpaired) electrons. The minimum Gasteiger partial charge on any atom is -0.394 e. The molecule has 0 saturated heterocycles. The number of aliphatic hydroxyl groups excluding tert-OH is 3. The number of carbonyl (C=O) groups is 1. The maximum atomic E-state index is 12.5. The van der Waals surface area contributed by atoms with Crippen molar-refractivity contribution in [3.8, 4) is 0 Å². The van der Waals surface area contributed by atoms with Crippen molar-refractivity contribution in [2.45, 2.75) is 308 Å². The standard InChI is InChI=1S/C52H103NO4/c1-3-5-7-9-11-13-15-17-19-21-22-23-24-25-26-27-28-29-30-31-33-35-37-39-41-43-45-47-51(56)52(57)53-49(48-54)50(55)46-44-42-40-38-36-34-32-20-18-16-14-12-10-8-6-4-2/h44,46,49-51,54-56H,3-43,45,47-48H2,1-2H3,(H,53,57)/b46-44+. The number of hydrogen-bond acceptors (Lipinski definition) is 4. The summed E-state index contributed by atoms with van der Waals surface area (Å²) in [4.78, 5) is 12.5. The number of unbranched alkanes of at least 4 members (excludes halogenated alkanes) is 40. The second-order valence-electron chi connectivity index (χ2n) is 18.1. The van der Waals surface area contributed by atoms with Gasteiger partial charge in [-0.3, -0.25) is 4.79 Å². The Hall–Kier alpha value is -0.910. The molecule has 0 heterocycles. The molecule has 0 aromatic carbocycles. The lowest BCUT2D eigenvalue weighted by Gasteiger charge is -2.21. The fraction of sp³-hybridized carbons (Fsp3) is 0.942. The Morgan fingerprint density at radius 1 is 0.421 bits per heavy atom. The van der Waals surface area contributed by atoms with Crippen molar-refractivity contribution in [1.82, 2.24) is 5.32 Å². The van der Waals surface area contributed by atoms with Gasteiger partial charge in [-0.1, -0.05) is 283 Å². The molecule has 3 unspecified atom stereocenters. The fourth-order valence-electron chi connectivity index (χ4n) is 8.31. The van der Waals surface area contributed by atoms with E-state index < -0.39 is 24.2 Å². The van der Waals surface area contributed by atoms with Crippen molar-refractivity contribution in [3.63, 3.8) is 0 Å². The zero-order chi connectivity index (χ0) is 41.5. The summed E-state index contributed by atoms with van der Waals surface area (Å²) >= 11 is 0. The highest BCUT2D eigenvalue weighted by Crippen LogP contribution is 2.17. The fourth-order valence-corrected chi connectivity index (χ4v) is 8.31. The van der Waals surface area contributed by atoms with Crippen molar-refractivity contribution >= 4 is 5.91 Å². The van der Waals surface area contributed by atoms with E-state index in [1.807, 2.05) is 6.08 Å². The highest BCUT2D eigenvalue weighted by atomic mass is 16.3. The Morgan fingerprint density at radius 2 is 0.684 bits per heavy atom. The summed E-state index contributed by atoms with van der Waals surface area (Å²) in [6.45, 7) is 4.21. The molecule has 0 rings (SSSR count). The van der Waals surface area contributed by atoms with Crippen LogP contribution in [0.25, 0.3) is 0 Å². The van der Waals surface area contributed by atoms with E-state index in [1.165, 1.54) is 238 Å². The van der Waals surface area contributed by atoms with E-state index in [2.05, 4.69) is 19.2 Å². The van der Waals surface area contributed by atoms with Gasteiger partial charge in [-0.2, -0.15) is 0 Å². The molecular formula is C52H103NO4. The summed E-state index contributed by atoms with van der Waals surface area (Å²) in [5, 5.41) is 33.3. The Labute approximate surface area is 357 Å². The maximum Gasteiger partial charge on any atom is 0.249 e. The van der Waals surface area contributed by atoms with Crippen LogP contribution in [0.3, 0.4) is 0 Å². The molecule has 0 aliphatic rings. The van der Waals surface area contributed by atoms with Crippen LogP contribution in [0.2, 0.25) is 0 Å². The van der Waals surface area contributed by atoms with Crippen molar-refractivity contribution < 1.29 is 20.1 Å². The number of hydrogen-bond donors (Lipinski definition) is 4. The van der Waals surface area contributed by atoms with Crippen LogP contribution in [0.4, 0.5) is 0 Å². The van der Waals surface area contributed by atoms with Gasteiger partial charge in [0, 0.05) is 0 Å². The second kappa shape index (κ2) is 47.8. The number of rotatable bonds is 48. The van der Waals surface area contributed by atoms with Crippen molar-refractivity contribution in [2.24, 2.45) is 0 Å². The van der Waals surface area contributed by atoms with Crippen molar-refractivity contribution in [1.29, 1.82) is 0 Å². The van der Waals surface area contributed by atoms with Gasteiger partial charge in [0.15, 0.2) is 0 Å². The van der Waals surface area contributed by atoms with Gasteiger partial charge >= 0.3 is 0 Å². The summed E-state index contributed by atoms with van der Waals surface area (Å²) in [7, 11) is 0. The van der Waals surface area contributed by atoms with Gasteiger partial charge in [0.05, 0.1) is 18.8 Å². The van der Waals surface area contributed by atoms with E-state index in [1.54, 1.807) is 6.08 Å². The molecule has 0 saturated carbocycles. The number of aliphatic hydroxyl groups is 3. The van der Waals surface area contributed by atoms with Crippen LogP contribution < -0.4 is 5.32 Å². The van der Waals surface area contributed by atoms with Gasteiger partial charge in [0.2, 0.25) is 5.91 Å². The molecule has 0 bridgehead atoms. The van der Waals surface area contributed by atoms with Gasteiger partial charge < -0.3 is 20.6 Å². The number of amides is 1. The van der Waals surface area contributed by atoms with Gasteiger partial charge in [0.1, 0.15) is 6.10 Å². The van der Waals surface area contributed by atoms with Gasteiger partial charge in [-0.15, -0.1) is 0 Å². The average molecular weight is 806 g/mol. The molecular weight excluding hydrogens is 703 g/mol. The molecule has 1 amide bonds. The number of carbonyl (C=O) groups excluding carboxylic acids is 1. The van der Waals surface area contributed by atoms with Gasteiger partial charge in [0.25, 0.3) is 0 Å². The Kier molecular flexibility index (Phi) is 47.0. The number of nitrogens with one attached hydrogen (secondary N) is 1.